The van der Waals surface area contributed by atoms with Crippen LogP contribution in [0.3, 0.4) is 0 Å². The van der Waals surface area contributed by atoms with E-state index in [1.807, 2.05) is 6.92 Å². The average Bonchev–Trinajstić information content (AvgIpc) is 2.67. The summed E-state index contributed by atoms with van der Waals surface area (Å²) in [6, 6.07) is 2.18. The lowest BCUT2D eigenvalue weighted by Crippen LogP contribution is -1.85. The van der Waals surface area contributed by atoms with Crippen molar-refractivity contribution in [3.63, 3.8) is 0 Å². The van der Waals surface area contributed by atoms with Crippen LogP contribution in [0, 0.1) is 12.8 Å². The Hall–Kier alpha value is -0.980. The largest absolute Gasteiger partial charge is 0.462 e. The lowest BCUT2D eigenvalue weighted by Gasteiger charge is -1.99. The quantitative estimate of drug-likeness (QED) is 0.548. The zero-order valence-corrected chi connectivity index (χ0v) is 6.50. The first-order valence-corrected chi connectivity index (χ1v) is 4.13. The summed E-state index contributed by atoms with van der Waals surface area (Å²) in [4.78, 5) is 0. The van der Waals surface area contributed by atoms with Crippen molar-refractivity contribution >= 4 is 6.08 Å². The molecule has 0 aliphatic heterocycles. The molecule has 56 valence electrons. The minimum atomic E-state index is 0.799. The molecule has 1 fully saturated rings. The SMILES string of the molecule is Cc1cc2c(o1)C=CC1CC21. The van der Waals surface area contributed by atoms with Crippen molar-refractivity contribution in [1.82, 2.24) is 0 Å². The minimum absolute atomic E-state index is 0.799. The Morgan fingerprint density at radius 2 is 2.45 bits per heavy atom. The van der Waals surface area contributed by atoms with Gasteiger partial charge >= 0.3 is 0 Å². The molecule has 2 atom stereocenters. The smallest absolute Gasteiger partial charge is 0.130 e. The Labute approximate surface area is 65.7 Å². The monoisotopic (exact) mass is 146 g/mol. The van der Waals surface area contributed by atoms with Gasteiger partial charge in [-0.05, 0) is 37.3 Å². The van der Waals surface area contributed by atoms with Crippen LogP contribution in [-0.4, -0.2) is 0 Å². The predicted molar refractivity (Wildman–Crippen MR) is 43.3 cm³/mol. The molecule has 0 N–H and O–H groups in total. The van der Waals surface area contributed by atoms with Crippen LogP contribution in [0.15, 0.2) is 16.6 Å². The van der Waals surface area contributed by atoms with Gasteiger partial charge in [-0.2, -0.15) is 0 Å². The van der Waals surface area contributed by atoms with Crippen LogP contribution >= 0.6 is 0 Å². The van der Waals surface area contributed by atoms with Gasteiger partial charge in [0.05, 0.1) is 0 Å². The zero-order valence-electron chi connectivity index (χ0n) is 6.50. The van der Waals surface area contributed by atoms with Gasteiger partial charge in [0.2, 0.25) is 0 Å². The fourth-order valence-corrected chi connectivity index (χ4v) is 1.97. The summed E-state index contributed by atoms with van der Waals surface area (Å²) < 4.78 is 5.52. The highest BCUT2D eigenvalue weighted by Crippen LogP contribution is 2.53. The van der Waals surface area contributed by atoms with Gasteiger partial charge < -0.3 is 4.42 Å². The van der Waals surface area contributed by atoms with Crippen molar-refractivity contribution in [3.05, 3.63) is 29.2 Å². The molecule has 1 heterocycles. The topological polar surface area (TPSA) is 13.1 Å². The molecule has 1 aromatic heterocycles. The van der Waals surface area contributed by atoms with E-state index in [1.165, 1.54) is 12.0 Å². The number of allylic oxidation sites excluding steroid dienone is 1. The predicted octanol–water partition coefficient (Wildman–Crippen LogP) is 2.72. The summed E-state index contributed by atoms with van der Waals surface area (Å²) in [5.41, 5.74) is 1.44. The Morgan fingerprint density at radius 3 is 3.36 bits per heavy atom. The second-order valence-electron chi connectivity index (χ2n) is 3.54. The molecule has 2 aliphatic rings. The van der Waals surface area contributed by atoms with Gasteiger partial charge in [-0.25, -0.2) is 0 Å². The molecule has 0 amide bonds. The van der Waals surface area contributed by atoms with Gasteiger partial charge in [0.25, 0.3) is 0 Å². The van der Waals surface area contributed by atoms with Crippen molar-refractivity contribution in [3.8, 4) is 0 Å². The van der Waals surface area contributed by atoms with Crippen LogP contribution in [0.1, 0.15) is 29.4 Å². The van der Waals surface area contributed by atoms with E-state index in [0.29, 0.717) is 0 Å². The molecule has 0 saturated heterocycles. The number of fused-ring (bicyclic) bond motifs is 3. The van der Waals surface area contributed by atoms with Gasteiger partial charge in [0, 0.05) is 5.56 Å². The van der Waals surface area contributed by atoms with Crippen molar-refractivity contribution in [2.24, 2.45) is 5.92 Å². The summed E-state index contributed by atoms with van der Waals surface area (Å²) in [5.74, 6) is 3.78. The van der Waals surface area contributed by atoms with Crippen LogP contribution in [0.4, 0.5) is 0 Å². The van der Waals surface area contributed by atoms with E-state index in [1.54, 1.807) is 0 Å². The van der Waals surface area contributed by atoms with Gasteiger partial charge in [0.15, 0.2) is 0 Å². The molecule has 0 aromatic carbocycles. The first kappa shape index (κ1) is 5.64. The third kappa shape index (κ3) is 0.657. The number of hydrogen-bond donors (Lipinski definition) is 0. The molecular formula is C10H10O. The molecule has 0 radical (unpaired) electrons. The molecule has 11 heavy (non-hydrogen) atoms. The molecule has 2 aliphatic carbocycles. The van der Waals surface area contributed by atoms with E-state index in [-0.39, 0.29) is 0 Å². The van der Waals surface area contributed by atoms with Crippen molar-refractivity contribution in [2.45, 2.75) is 19.3 Å². The lowest BCUT2D eigenvalue weighted by atomic mass is 10.1. The summed E-state index contributed by atoms with van der Waals surface area (Å²) >= 11 is 0. The highest BCUT2D eigenvalue weighted by atomic mass is 16.3. The summed E-state index contributed by atoms with van der Waals surface area (Å²) in [5, 5.41) is 0. The van der Waals surface area contributed by atoms with Crippen LogP contribution in [-0.2, 0) is 0 Å². The Kier molecular flexibility index (Phi) is 0.823. The summed E-state index contributed by atoms with van der Waals surface area (Å²) in [6.45, 7) is 2.02. The highest BCUT2D eigenvalue weighted by molar-refractivity contribution is 5.56. The number of hydrogen-bond acceptors (Lipinski definition) is 1. The summed E-state index contributed by atoms with van der Waals surface area (Å²) in [6.07, 6.45) is 5.73. The van der Waals surface area contributed by atoms with Crippen LogP contribution in [0.2, 0.25) is 0 Å². The highest BCUT2D eigenvalue weighted by Gasteiger charge is 2.40. The van der Waals surface area contributed by atoms with Crippen LogP contribution in [0.5, 0.6) is 0 Å². The number of furan rings is 1. The van der Waals surface area contributed by atoms with Gasteiger partial charge in [-0.1, -0.05) is 6.08 Å². The van der Waals surface area contributed by atoms with Crippen molar-refractivity contribution < 1.29 is 4.42 Å². The fourth-order valence-electron chi connectivity index (χ4n) is 1.97. The Morgan fingerprint density at radius 1 is 1.55 bits per heavy atom. The van der Waals surface area contributed by atoms with Gasteiger partial charge in [-0.15, -0.1) is 0 Å². The summed E-state index contributed by atoms with van der Waals surface area (Å²) in [7, 11) is 0. The minimum Gasteiger partial charge on any atom is -0.462 e. The molecule has 1 saturated carbocycles. The van der Waals surface area contributed by atoms with Gasteiger partial charge in [-0.3, -0.25) is 0 Å². The Bertz CT molecular complexity index is 333. The molecule has 2 unspecified atom stereocenters. The number of rotatable bonds is 0. The van der Waals surface area contributed by atoms with Gasteiger partial charge in [0.1, 0.15) is 11.5 Å². The standard InChI is InChI=1S/C10H10O/c1-6-4-9-8-5-7(8)2-3-10(9)11-6/h2-4,7-8H,5H2,1H3. The van der Waals surface area contributed by atoms with E-state index in [4.69, 9.17) is 4.42 Å². The molecule has 1 nitrogen and oxygen atoms in total. The maximum atomic E-state index is 5.52. The van der Waals surface area contributed by atoms with E-state index in [9.17, 15) is 0 Å². The maximum absolute atomic E-state index is 5.52. The first-order chi connectivity index (χ1) is 5.34. The Balaban J connectivity index is 2.23. The maximum Gasteiger partial charge on any atom is 0.130 e. The second kappa shape index (κ2) is 1.60. The molecule has 1 heteroatoms. The van der Waals surface area contributed by atoms with E-state index < -0.39 is 0 Å². The van der Waals surface area contributed by atoms with E-state index in [0.717, 1.165) is 23.4 Å². The van der Waals surface area contributed by atoms with Crippen LogP contribution in [0.25, 0.3) is 6.08 Å². The molecular weight excluding hydrogens is 136 g/mol. The van der Waals surface area contributed by atoms with E-state index in [2.05, 4.69) is 18.2 Å². The third-order valence-corrected chi connectivity index (χ3v) is 2.65. The second-order valence-corrected chi connectivity index (χ2v) is 3.54. The lowest BCUT2D eigenvalue weighted by molar-refractivity contribution is 0.520. The number of aryl methyl sites for hydroxylation is 1. The van der Waals surface area contributed by atoms with Crippen molar-refractivity contribution in [1.29, 1.82) is 0 Å². The third-order valence-electron chi connectivity index (χ3n) is 2.65. The fraction of sp³-hybridized carbons (Fsp3) is 0.400. The van der Waals surface area contributed by atoms with Crippen LogP contribution < -0.4 is 0 Å². The van der Waals surface area contributed by atoms with E-state index >= 15 is 0 Å². The normalized spacial score (nSPS) is 31.4. The average molecular weight is 146 g/mol. The molecule has 0 spiro atoms. The molecule has 0 bridgehead atoms. The zero-order chi connectivity index (χ0) is 7.42. The van der Waals surface area contributed by atoms with Crippen molar-refractivity contribution in [2.75, 3.05) is 0 Å². The molecule has 1 aromatic rings. The first-order valence-electron chi connectivity index (χ1n) is 4.13. The molecule has 3 rings (SSSR count).